The molecule has 0 unspecified atom stereocenters. The van der Waals surface area contributed by atoms with E-state index in [2.05, 4.69) is 24.9 Å². The molecule has 1 fully saturated rings. The number of hydrogen-bond donors (Lipinski definition) is 1. The molecule has 0 saturated carbocycles. The fourth-order valence-corrected chi connectivity index (χ4v) is 2.69. The molecule has 1 saturated heterocycles. The molecule has 1 aliphatic rings. The molecule has 3 rings (SSSR count). The maximum Gasteiger partial charge on any atom is 0.345 e. The highest BCUT2D eigenvalue weighted by Gasteiger charge is 2.25. The van der Waals surface area contributed by atoms with Crippen LogP contribution in [-0.2, 0) is 0 Å². The van der Waals surface area contributed by atoms with Crippen LogP contribution >= 0.6 is 0 Å². The van der Waals surface area contributed by atoms with E-state index >= 15 is 0 Å². The Labute approximate surface area is 132 Å². The number of hydrogen-bond acceptors (Lipinski definition) is 8. The number of aromatic amines is 1. The van der Waals surface area contributed by atoms with E-state index in [1.165, 1.54) is 20.4 Å². The van der Waals surface area contributed by atoms with E-state index in [1.807, 2.05) is 11.0 Å². The lowest BCUT2D eigenvalue weighted by molar-refractivity contribution is 0.338. The zero-order valence-corrected chi connectivity index (χ0v) is 13.0. The first kappa shape index (κ1) is 15.2. The lowest BCUT2D eigenvalue weighted by Crippen LogP contribution is -2.36. The van der Waals surface area contributed by atoms with Crippen molar-refractivity contribution in [2.24, 2.45) is 0 Å². The van der Waals surface area contributed by atoms with E-state index in [1.54, 1.807) is 0 Å². The van der Waals surface area contributed by atoms with Crippen LogP contribution in [0.3, 0.4) is 0 Å². The fourth-order valence-electron chi connectivity index (χ4n) is 2.69. The highest BCUT2D eigenvalue weighted by molar-refractivity contribution is 5.34. The van der Waals surface area contributed by atoms with Gasteiger partial charge in [0.05, 0.1) is 14.2 Å². The highest BCUT2D eigenvalue weighted by atomic mass is 16.5. The van der Waals surface area contributed by atoms with E-state index in [-0.39, 0.29) is 23.6 Å². The number of H-pyrrole nitrogens is 1. The van der Waals surface area contributed by atoms with E-state index in [4.69, 9.17) is 9.47 Å². The molecule has 2 aromatic heterocycles. The van der Waals surface area contributed by atoms with Gasteiger partial charge in [0.25, 0.3) is 0 Å². The summed E-state index contributed by atoms with van der Waals surface area (Å²) in [6.45, 7) is 1.51. The number of nitrogens with zero attached hydrogens (tertiary/aromatic N) is 5. The zero-order chi connectivity index (χ0) is 16.2. The third-order valence-electron chi connectivity index (χ3n) is 3.79. The van der Waals surface area contributed by atoms with Gasteiger partial charge in [-0.25, -0.2) is 9.78 Å². The fraction of sp³-hybridized carbons (Fsp3) is 0.500. The number of nitrogens with one attached hydrogen (secondary N) is 1. The summed E-state index contributed by atoms with van der Waals surface area (Å²) < 4.78 is 10.2. The second-order valence-corrected chi connectivity index (χ2v) is 5.22. The number of rotatable bonds is 4. The number of aromatic nitrogens is 5. The first-order valence-electron chi connectivity index (χ1n) is 7.34. The van der Waals surface area contributed by atoms with Crippen LogP contribution in [-0.4, -0.2) is 52.2 Å². The summed E-state index contributed by atoms with van der Waals surface area (Å²) in [4.78, 5) is 32.5. The summed E-state index contributed by atoms with van der Waals surface area (Å²) in [5.41, 5.74) is 0.547. The summed E-state index contributed by atoms with van der Waals surface area (Å²) in [6, 6.07) is 2.27. The predicted molar refractivity (Wildman–Crippen MR) is 82.0 cm³/mol. The van der Waals surface area contributed by atoms with Gasteiger partial charge >= 0.3 is 17.7 Å². The van der Waals surface area contributed by atoms with Gasteiger partial charge in [0.15, 0.2) is 0 Å². The Morgan fingerprint density at radius 2 is 1.96 bits per heavy atom. The average molecular weight is 318 g/mol. The molecule has 9 nitrogen and oxygen atoms in total. The van der Waals surface area contributed by atoms with Gasteiger partial charge in [-0.1, -0.05) is 0 Å². The van der Waals surface area contributed by atoms with Gasteiger partial charge in [-0.3, -0.25) is 0 Å². The Hall–Kier alpha value is -2.71. The van der Waals surface area contributed by atoms with Gasteiger partial charge in [0.2, 0.25) is 5.95 Å². The molecule has 0 amide bonds. The minimum Gasteiger partial charge on any atom is -0.467 e. The smallest absolute Gasteiger partial charge is 0.345 e. The summed E-state index contributed by atoms with van der Waals surface area (Å²) in [5.74, 6) is 0.697. The van der Waals surface area contributed by atoms with Crippen LogP contribution < -0.4 is 20.1 Å². The SMILES string of the molecule is COc1nc(OC)nc(N2CCC[C@H](c3ccnc(=O)[nH]3)C2)n1. The van der Waals surface area contributed by atoms with Crippen molar-refractivity contribution in [3.05, 3.63) is 28.4 Å². The maximum atomic E-state index is 11.4. The lowest BCUT2D eigenvalue weighted by atomic mass is 9.95. The van der Waals surface area contributed by atoms with Crippen molar-refractivity contribution in [3.8, 4) is 12.0 Å². The standard InChI is InChI=1S/C14H18N6O3/c1-22-13-17-11(18-14(19-13)23-2)20-7-3-4-9(8-20)10-5-6-15-12(21)16-10/h5-6,9H,3-4,7-8H2,1-2H3,(H,15,16,21)/t9-/m0/s1. The third-order valence-corrected chi connectivity index (χ3v) is 3.79. The predicted octanol–water partition coefficient (Wildman–Crippen LogP) is 0.356. The van der Waals surface area contributed by atoms with E-state index in [9.17, 15) is 4.79 Å². The summed E-state index contributed by atoms with van der Waals surface area (Å²) in [5, 5.41) is 0. The molecular weight excluding hydrogens is 300 g/mol. The van der Waals surface area contributed by atoms with Crippen molar-refractivity contribution in [1.29, 1.82) is 0 Å². The van der Waals surface area contributed by atoms with Crippen LogP contribution in [0.1, 0.15) is 24.5 Å². The van der Waals surface area contributed by atoms with Crippen LogP contribution in [0.4, 0.5) is 5.95 Å². The van der Waals surface area contributed by atoms with Crippen molar-refractivity contribution >= 4 is 5.95 Å². The summed E-state index contributed by atoms with van der Waals surface area (Å²) in [6.07, 6.45) is 3.48. The van der Waals surface area contributed by atoms with Gasteiger partial charge in [-0.15, -0.1) is 4.98 Å². The van der Waals surface area contributed by atoms with Crippen LogP contribution in [0.15, 0.2) is 17.1 Å². The van der Waals surface area contributed by atoms with Crippen molar-refractivity contribution < 1.29 is 9.47 Å². The average Bonchev–Trinajstić information content (AvgIpc) is 2.61. The van der Waals surface area contributed by atoms with Crippen LogP contribution in [0.5, 0.6) is 12.0 Å². The van der Waals surface area contributed by atoms with Gasteiger partial charge in [0.1, 0.15) is 0 Å². The molecule has 0 spiro atoms. The quantitative estimate of drug-likeness (QED) is 0.861. The first-order chi connectivity index (χ1) is 11.2. The Kier molecular flexibility index (Phi) is 4.35. The topological polar surface area (TPSA) is 106 Å². The molecule has 1 N–H and O–H groups in total. The van der Waals surface area contributed by atoms with Gasteiger partial charge < -0.3 is 19.4 Å². The minimum atomic E-state index is -0.330. The molecule has 3 heterocycles. The zero-order valence-electron chi connectivity index (χ0n) is 13.0. The van der Waals surface area contributed by atoms with Gasteiger partial charge in [-0.2, -0.15) is 9.97 Å². The third kappa shape index (κ3) is 3.38. The van der Waals surface area contributed by atoms with Crippen molar-refractivity contribution in [2.75, 3.05) is 32.2 Å². The molecule has 0 aliphatic carbocycles. The molecule has 1 aliphatic heterocycles. The van der Waals surface area contributed by atoms with E-state index in [0.717, 1.165) is 25.1 Å². The number of ether oxygens (including phenoxy) is 2. The van der Waals surface area contributed by atoms with Crippen LogP contribution in [0.2, 0.25) is 0 Å². The Morgan fingerprint density at radius 3 is 2.61 bits per heavy atom. The van der Waals surface area contributed by atoms with Gasteiger partial charge in [0, 0.05) is 30.9 Å². The molecule has 0 radical (unpaired) electrons. The van der Waals surface area contributed by atoms with Gasteiger partial charge in [-0.05, 0) is 18.9 Å². The van der Waals surface area contributed by atoms with Crippen LogP contribution in [0, 0.1) is 0 Å². The summed E-state index contributed by atoms with van der Waals surface area (Å²) >= 11 is 0. The molecule has 23 heavy (non-hydrogen) atoms. The number of piperidine rings is 1. The van der Waals surface area contributed by atoms with Crippen LogP contribution in [0.25, 0.3) is 0 Å². The second kappa shape index (κ2) is 6.59. The van der Waals surface area contributed by atoms with E-state index < -0.39 is 0 Å². The monoisotopic (exact) mass is 318 g/mol. The minimum absolute atomic E-state index is 0.188. The highest BCUT2D eigenvalue weighted by Crippen LogP contribution is 2.28. The molecule has 0 aromatic carbocycles. The molecule has 1 atom stereocenters. The van der Waals surface area contributed by atoms with Crippen molar-refractivity contribution in [2.45, 2.75) is 18.8 Å². The molecule has 122 valence electrons. The number of anilines is 1. The molecule has 0 bridgehead atoms. The Balaban J connectivity index is 1.85. The lowest BCUT2D eigenvalue weighted by Gasteiger charge is -2.32. The van der Waals surface area contributed by atoms with Crippen molar-refractivity contribution in [1.82, 2.24) is 24.9 Å². The Bertz CT molecular complexity index is 712. The van der Waals surface area contributed by atoms with E-state index in [0.29, 0.717) is 12.5 Å². The largest absolute Gasteiger partial charge is 0.467 e. The van der Waals surface area contributed by atoms with Crippen molar-refractivity contribution in [3.63, 3.8) is 0 Å². The molecule has 2 aromatic rings. The molecule has 9 heteroatoms. The first-order valence-corrected chi connectivity index (χ1v) is 7.34. The number of methoxy groups -OCH3 is 2. The molecular formula is C14H18N6O3. The summed E-state index contributed by atoms with van der Waals surface area (Å²) in [7, 11) is 3.00. The second-order valence-electron chi connectivity index (χ2n) is 5.22. The Morgan fingerprint density at radius 1 is 1.22 bits per heavy atom. The normalized spacial score (nSPS) is 17.8. The maximum absolute atomic E-state index is 11.4.